The Morgan fingerprint density at radius 1 is 1.03 bits per heavy atom. The summed E-state index contributed by atoms with van der Waals surface area (Å²) in [6.07, 6.45) is 0.436. The van der Waals surface area contributed by atoms with Gasteiger partial charge in [0.1, 0.15) is 29.2 Å². The Balaban J connectivity index is 2.05. The van der Waals surface area contributed by atoms with Crippen LogP contribution in [0.4, 0.5) is 0 Å². The van der Waals surface area contributed by atoms with E-state index in [1.165, 1.54) is 0 Å². The van der Waals surface area contributed by atoms with Crippen LogP contribution in [0.15, 0.2) is 59.8 Å². The van der Waals surface area contributed by atoms with E-state index in [1.54, 1.807) is 14.2 Å². The SMILES string of the molecule is COc1ccccc1C1=C(C#N)/C(=C(/C#N)c2nn[nH]n2)NC(C)(c2ccccc2OC)C1. The van der Waals surface area contributed by atoms with Crippen LogP contribution in [0.1, 0.15) is 30.3 Å². The lowest BCUT2D eigenvalue weighted by atomic mass is 9.76. The molecule has 1 unspecified atom stereocenters. The van der Waals surface area contributed by atoms with Crippen LogP contribution in [0, 0.1) is 22.7 Å². The molecule has 2 heterocycles. The van der Waals surface area contributed by atoms with Crippen molar-refractivity contribution in [3.63, 3.8) is 0 Å². The number of hydrogen-bond donors (Lipinski definition) is 2. The van der Waals surface area contributed by atoms with Gasteiger partial charge in [-0.05, 0) is 29.8 Å². The summed E-state index contributed by atoms with van der Waals surface area (Å²) >= 11 is 0. The maximum atomic E-state index is 10.2. The number of nitrogens with zero attached hydrogens (tertiary/aromatic N) is 5. The molecule has 1 aliphatic heterocycles. The Bertz CT molecular complexity index is 1330. The molecular weight excluding hydrogens is 418 g/mol. The quantitative estimate of drug-likeness (QED) is 0.579. The van der Waals surface area contributed by atoms with Crippen LogP contribution < -0.4 is 14.8 Å². The molecule has 1 aromatic heterocycles. The molecular formula is C24H21N7O2. The number of nitriles is 2. The van der Waals surface area contributed by atoms with Crippen LogP contribution in [0.3, 0.4) is 0 Å². The average Bonchev–Trinajstić information content (AvgIpc) is 3.38. The standard InChI is InChI=1S/C24H21N7O2/c1-24(19-9-5-7-11-21(19)33-3)12-16(15-8-4-6-10-20(15)32-2)17(13-25)22(27-24)18(14-26)23-28-30-31-29-23/h4-11,27H,12H2,1-3H3,(H,28,29,30,31)/b22-18+. The summed E-state index contributed by atoms with van der Waals surface area (Å²) in [6, 6.07) is 19.6. The highest BCUT2D eigenvalue weighted by molar-refractivity contribution is 5.88. The fourth-order valence-corrected chi connectivity index (χ4v) is 4.16. The van der Waals surface area contributed by atoms with Gasteiger partial charge >= 0.3 is 0 Å². The first-order chi connectivity index (χ1) is 16.1. The van der Waals surface area contributed by atoms with Crippen molar-refractivity contribution in [3.8, 4) is 23.6 Å². The first-order valence-corrected chi connectivity index (χ1v) is 10.1. The van der Waals surface area contributed by atoms with E-state index in [9.17, 15) is 10.5 Å². The lowest BCUT2D eigenvalue weighted by Crippen LogP contribution is -2.43. The van der Waals surface area contributed by atoms with Crippen molar-refractivity contribution in [3.05, 3.63) is 76.8 Å². The predicted molar refractivity (Wildman–Crippen MR) is 120 cm³/mol. The molecule has 9 nitrogen and oxygen atoms in total. The van der Waals surface area contributed by atoms with E-state index in [0.29, 0.717) is 29.2 Å². The Hall–Kier alpha value is -4.63. The molecule has 0 aliphatic carbocycles. The van der Waals surface area contributed by atoms with Crippen molar-refractivity contribution in [1.82, 2.24) is 25.9 Å². The smallest absolute Gasteiger partial charge is 0.217 e. The summed E-state index contributed by atoms with van der Waals surface area (Å²) in [4.78, 5) is 0. The summed E-state index contributed by atoms with van der Waals surface area (Å²) in [7, 11) is 3.20. The van der Waals surface area contributed by atoms with Crippen molar-refractivity contribution < 1.29 is 9.47 Å². The molecule has 3 aromatic rings. The Labute approximate surface area is 191 Å². The lowest BCUT2D eigenvalue weighted by Gasteiger charge is -2.40. The second-order valence-electron chi connectivity index (χ2n) is 7.60. The molecule has 0 bridgehead atoms. The average molecular weight is 439 g/mol. The number of allylic oxidation sites excluding steroid dienone is 2. The number of nitrogens with one attached hydrogen (secondary N) is 2. The zero-order chi connectivity index (χ0) is 23.4. The molecule has 164 valence electrons. The highest BCUT2D eigenvalue weighted by Crippen LogP contribution is 2.46. The number of para-hydroxylation sites is 2. The number of hydrogen-bond acceptors (Lipinski definition) is 8. The molecule has 0 saturated heterocycles. The van der Waals surface area contributed by atoms with Crippen molar-refractivity contribution in [2.75, 3.05) is 14.2 Å². The topological polar surface area (TPSA) is 133 Å². The molecule has 2 N–H and O–H groups in total. The van der Waals surface area contributed by atoms with Gasteiger partial charge in [-0.1, -0.05) is 36.4 Å². The number of ether oxygens (including phenoxy) is 2. The summed E-state index contributed by atoms with van der Waals surface area (Å²) in [6.45, 7) is 2.00. The molecule has 9 heteroatoms. The van der Waals surface area contributed by atoms with Gasteiger partial charge < -0.3 is 14.8 Å². The lowest BCUT2D eigenvalue weighted by molar-refractivity contribution is 0.360. The largest absolute Gasteiger partial charge is 0.496 e. The number of H-pyrrole nitrogens is 1. The number of rotatable bonds is 5. The van der Waals surface area contributed by atoms with Crippen LogP contribution in [0.25, 0.3) is 11.1 Å². The minimum atomic E-state index is -0.732. The highest BCUT2D eigenvalue weighted by Gasteiger charge is 2.40. The molecule has 0 spiro atoms. The minimum Gasteiger partial charge on any atom is -0.496 e. The van der Waals surface area contributed by atoms with E-state index in [4.69, 9.17) is 9.47 Å². The van der Waals surface area contributed by atoms with Gasteiger partial charge in [-0.2, -0.15) is 15.7 Å². The van der Waals surface area contributed by atoms with Crippen LogP contribution in [-0.2, 0) is 5.54 Å². The summed E-state index contributed by atoms with van der Waals surface area (Å²) in [5.41, 5.74) is 2.38. The third-order valence-electron chi connectivity index (χ3n) is 5.66. The maximum Gasteiger partial charge on any atom is 0.217 e. The fraction of sp³-hybridized carbons (Fsp3) is 0.208. The molecule has 1 atom stereocenters. The van der Waals surface area contributed by atoms with Crippen molar-refractivity contribution >= 4 is 11.1 Å². The summed E-state index contributed by atoms with van der Waals surface area (Å²) < 4.78 is 11.2. The Morgan fingerprint density at radius 2 is 1.73 bits per heavy atom. The molecule has 1 aliphatic rings. The van der Waals surface area contributed by atoms with Crippen LogP contribution >= 0.6 is 0 Å². The molecule has 0 fully saturated rings. The van der Waals surface area contributed by atoms with Gasteiger partial charge in [0.25, 0.3) is 0 Å². The summed E-state index contributed by atoms with van der Waals surface area (Å²) in [5.74, 6) is 1.41. The molecule has 0 saturated carbocycles. The van der Waals surface area contributed by atoms with E-state index >= 15 is 0 Å². The van der Waals surface area contributed by atoms with Gasteiger partial charge in [0.2, 0.25) is 5.82 Å². The number of benzene rings is 2. The van der Waals surface area contributed by atoms with Crippen molar-refractivity contribution in [1.29, 1.82) is 10.5 Å². The monoisotopic (exact) mass is 439 g/mol. The van der Waals surface area contributed by atoms with Crippen molar-refractivity contribution in [2.45, 2.75) is 18.9 Å². The number of tetrazole rings is 1. The third kappa shape index (κ3) is 3.77. The van der Waals surface area contributed by atoms with Gasteiger partial charge in [-0.15, -0.1) is 10.2 Å². The molecule has 4 rings (SSSR count). The number of aromatic nitrogens is 4. The predicted octanol–water partition coefficient (Wildman–Crippen LogP) is 3.34. The summed E-state index contributed by atoms with van der Waals surface area (Å²) in [5, 5.41) is 37.5. The second-order valence-corrected chi connectivity index (χ2v) is 7.60. The zero-order valence-electron chi connectivity index (χ0n) is 18.4. The minimum absolute atomic E-state index is 0.0939. The second kappa shape index (κ2) is 8.85. The van der Waals surface area contributed by atoms with Gasteiger partial charge in [-0.3, -0.25) is 0 Å². The third-order valence-corrected chi connectivity index (χ3v) is 5.66. The first kappa shape index (κ1) is 21.6. The van der Waals surface area contributed by atoms with E-state index in [2.05, 4.69) is 38.1 Å². The van der Waals surface area contributed by atoms with Gasteiger partial charge in [0, 0.05) is 17.5 Å². The van der Waals surface area contributed by atoms with Crippen LogP contribution in [-0.4, -0.2) is 34.8 Å². The van der Waals surface area contributed by atoms with Crippen LogP contribution in [0.2, 0.25) is 0 Å². The number of aromatic amines is 1. The van der Waals surface area contributed by atoms with Gasteiger partial charge in [-0.25, -0.2) is 0 Å². The normalized spacial score (nSPS) is 19.2. The fourth-order valence-electron chi connectivity index (χ4n) is 4.16. The zero-order valence-corrected chi connectivity index (χ0v) is 18.4. The number of methoxy groups -OCH3 is 2. The van der Waals surface area contributed by atoms with E-state index in [1.807, 2.05) is 55.5 Å². The van der Waals surface area contributed by atoms with E-state index < -0.39 is 5.54 Å². The van der Waals surface area contributed by atoms with Gasteiger partial charge in [0.05, 0.1) is 31.0 Å². The maximum absolute atomic E-state index is 10.2. The molecule has 33 heavy (non-hydrogen) atoms. The van der Waals surface area contributed by atoms with E-state index in [0.717, 1.165) is 16.7 Å². The molecule has 2 aromatic carbocycles. The van der Waals surface area contributed by atoms with Crippen molar-refractivity contribution in [2.24, 2.45) is 0 Å². The molecule has 0 amide bonds. The first-order valence-electron chi connectivity index (χ1n) is 10.1. The van der Waals surface area contributed by atoms with Crippen LogP contribution in [0.5, 0.6) is 11.5 Å². The molecule has 0 radical (unpaired) electrons. The highest BCUT2D eigenvalue weighted by atomic mass is 16.5. The van der Waals surface area contributed by atoms with E-state index in [-0.39, 0.29) is 11.4 Å². The Kier molecular flexibility index (Phi) is 5.79. The Morgan fingerprint density at radius 3 is 2.36 bits per heavy atom. The van der Waals surface area contributed by atoms with Gasteiger partial charge in [0.15, 0.2) is 0 Å².